The Morgan fingerprint density at radius 1 is 0.560 bits per heavy atom. The molecule has 1 unspecified atom stereocenters. The van der Waals surface area contributed by atoms with E-state index in [1.165, 1.54) is 89.9 Å². The van der Waals surface area contributed by atoms with E-state index in [2.05, 4.69) is 6.07 Å². The molecule has 1 atom stereocenters. The second kappa shape index (κ2) is 5.60. The third-order valence-corrected chi connectivity index (χ3v) is 7.87. The van der Waals surface area contributed by atoms with E-state index in [1.807, 2.05) is 27.8 Å². The summed E-state index contributed by atoms with van der Waals surface area (Å²) in [6.45, 7) is 0. The molecule has 0 saturated heterocycles. The van der Waals surface area contributed by atoms with Crippen LogP contribution >= 0.6 is 0 Å². The van der Waals surface area contributed by atoms with E-state index in [-0.39, 0.29) is 0 Å². The number of rotatable bonds is 0. The third kappa shape index (κ3) is 2.06. The molecule has 4 aliphatic rings. The van der Waals surface area contributed by atoms with E-state index in [1.54, 1.807) is 21.9 Å². The van der Waals surface area contributed by atoms with E-state index in [0.717, 1.165) is 5.92 Å². The van der Waals surface area contributed by atoms with Crippen molar-refractivity contribution in [3.05, 3.63) is 45.0 Å². The van der Waals surface area contributed by atoms with Gasteiger partial charge < -0.3 is 0 Å². The van der Waals surface area contributed by atoms with Crippen molar-refractivity contribution in [3.63, 3.8) is 0 Å². The maximum Gasteiger partial charge on any atom is -0.0111 e. The molecule has 2 aromatic rings. The molecule has 0 N–H and O–H groups in total. The average molecular weight is 331 g/mol. The first-order chi connectivity index (χ1) is 12.4. The van der Waals surface area contributed by atoms with Crippen LogP contribution < -0.4 is 0 Å². The molecule has 25 heavy (non-hydrogen) atoms. The maximum atomic E-state index is 2.70. The molecule has 0 radical (unpaired) electrons. The Kier molecular flexibility index (Phi) is 3.32. The van der Waals surface area contributed by atoms with Gasteiger partial charge in [0.15, 0.2) is 0 Å². The molecule has 0 nitrogen and oxygen atoms in total. The summed E-state index contributed by atoms with van der Waals surface area (Å²) in [5.74, 6) is 0.896. The molecule has 130 valence electrons. The first kappa shape index (κ1) is 14.8. The Labute approximate surface area is 152 Å². The molecular weight excluding hydrogens is 300 g/mol. The van der Waals surface area contributed by atoms with Crippen LogP contribution in [-0.4, -0.2) is 0 Å². The van der Waals surface area contributed by atoms with E-state index in [9.17, 15) is 0 Å². The van der Waals surface area contributed by atoms with Gasteiger partial charge in [0.1, 0.15) is 0 Å². The summed E-state index contributed by atoms with van der Waals surface area (Å²) in [6.07, 6.45) is 19.6. The van der Waals surface area contributed by atoms with Crippen LogP contribution in [0, 0.1) is 0 Å². The summed E-state index contributed by atoms with van der Waals surface area (Å²) in [5.41, 5.74) is 12.6. The number of hydrogen-bond donors (Lipinski definition) is 0. The SMILES string of the molecule is c1c2c3c(c4c5c(c6c(c14)CCCC6)CCCC5)CCCC3CCC2. The molecule has 0 spiro atoms. The topological polar surface area (TPSA) is 0 Å². The molecule has 0 aliphatic heterocycles. The normalized spacial score (nSPS) is 24.6. The van der Waals surface area contributed by atoms with Gasteiger partial charge in [0.05, 0.1) is 0 Å². The minimum absolute atomic E-state index is 0.896. The van der Waals surface area contributed by atoms with Crippen LogP contribution in [0.3, 0.4) is 0 Å². The Hall–Kier alpha value is -1.30. The number of benzene rings is 2. The van der Waals surface area contributed by atoms with Crippen molar-refractivity contribution >= 4 is 10.8 Å². The van der Waals surface area contributed by atoms with Crippen LogP contribution in [0.2, 0.25) is 0 Å². The van der Waals surface area contributed by atoms with E-state index in [4.69, 9.17) is 0 Å². The molecular formula is C25H30. The highest BCUT2D eigenvalue weighted by atomic mass is 14.4. The Balaban J connectivity index is 1.76. The van der Waals surface area contributed by atoms with Crippen LogP contribution in [0.1, 0.15) is 96.2 Å². The van der Waals surface area contributed by atoms with Gasteiger partial charge in [0.2, 0.25) is 0 Å². The standard InChI is InChI=1S/C25H30/c1-2-12-20-18(10-1)19-11-3-4-13-21(19)25-22-14-6-8-16-7-5-9-17(24(16)22)15-23(20)25/h15-16H,1-14H2. The third-order valence-electron chi connectivity index (χ3n) is 7.87. The number of hydrogen-bond acceptors (Lipinski definition) is 0. The molecule has 2 aromatic carbocycles. The van der Waals surface area contributed by atoms with E-state index in [0.29, 0.717) is 0 Å². The van der Waals surface area contributed by atoms with Crippen molar-refractivity contribution in [2.45, 2.75) is 95.8 Å². The summed E-state index contributed by atoms with van der Waals surface area (Å²) >= 11 is 0. The van der Waals surface area contributed by atoms with Crippen molar-refractivity contribution in [2.24, 2.45) is 0 Å². The van der Waals surface area contributed by atoms with Gasteiger partial charge in [-0.05, 0) is 146 Å². The van der Waals surface area contributed by atoms with Crippen LogP contribution in [0.15, 0.2) is 6.07 Å². The zero-order valence-corrected chi connectivity index (χ0v) is 15.6. The average Bonchev–Trinajstić information content (AvgIpc) is 2.68. The van der Waals surface area contributed by atoms with Crippen molar-refractivity contribution in [1.82, 2.24) is 0 Å². The molecule has 0 bridgehead atoms. The first-order valence-corrected chi connectivity index (χ1v) is 11.1. The largest absolute Gasteiger partial charge is 0.0506 e. The quantitative estimate of drug-likeness (QED) is 0.527. The fraction of sp³-hybridized carbons (Fsp3) is 0.600. The van der Waals surface area contributed by atoms with Gasteiger partial charge in [-0.1, -0.05) is 6.07 Å². The van der Waals surface area contributed by atoms with Crippen molar-refractivity contribution in [1.29, 1.82) is 0 Å². The Bertz CT molecular complexity index is 868. The van der Waals surface area contributed by atoms with Gasteiger partial charge in [-0.15, -0.1) is 0 Å². The fourth-order valence-electron chi connectivity index (χ4n) is 6.92. The lowest BCUT2D eigenvalue weighted by molar-refractivity contribution is 0.478. The fourth-order valence-corrected chi connectivity index (χ4v) is 6.92. The lowest BCUT2D eigenvalue weighted by Gasteiger charge is -2.36. The molecule has 0 aromatic heterocycles. The van der Waals surface area contributed by atoms with Gasteiger partial charge in [0.25, 0.3) is 0 Å². The number of fused-ring (bicyclic) bond motifs is 7. The summed E-state index contributed by atoms with van der Waals surface area (Å²) in [4.78, 5) is 0. The van der Waals surface area contributed by atoms with Gasteiger partial charge in [-0.2, -0.15) is 0 Å². The van der Waals surface area contributed by atoms with Crippen LogP contribution in [-0.2, 0) is 38.5 Å². The molecule has 0 amide bonds. The second-order valence-electron chi connectivity index (χ2n) is 9.16. The van der Waals surface area contributed by atoms with E-state index >= 15 is 0 Å². The molecule has 0 heterocycles. The predicted octanol–water partition coefficient (Wildman–Crippen LogP) is 6.35. The molecule has 0 saturated carbocycles. The molecule has 6 rings (SSSR count). The second-order valence-corrected chi connectivity index (χ2v) is 9.16. The summed E-state index contributed by atoms with van der Waals surface area (Å²) in [5, 5.41) is 3.49. The summed E-state index contributed by atoms with van der Waals surface area (Å²) in [6, 6.07) is 2.70. The zero-order chi connectivity index (χ0) is 16.4. The van der Waals surface area contributed by atoms with E-state index < -0.39 is 0 Å². The zero-order valence-electron chi connectivity index (χ0n) is 15.6. The lowest BCUT2D eigenvalue weighted by atomic mass is 9.68. The predicted molar refractivity (Wildman–Crippen MR) is 106 cm³/mol. The summed E-state index contributed by atoms with van der Waals surface area (Å²) < 4.78 is 0. The molecule has 0 heteroatoms. The minimum Gasteiger partial charge on any atom is -0.0506 e. The highest BCUT2D eigenvalue weighted by molar-refractivity contribution is 5.96. The number of aryl methyl sites for hydroxylation is 4. The first-order valence-electron chi connectivity index (χ1n) is 11.1. The Morgan fingerprint density at radius 3 is 1.96 bits per heavy atom. The van der Waals surface area contributed by atoms with Crippen molar-refractivity contribution in [3.8, 4) is 0 Å². The Morgan fingerprint density at radius 2 is 1.16 bits per heavy atom. The minimum atomic E-state index is 0.896. The smallest absolute Gasteiger partial charge is 0.0111 e. The summed E-state index contributed by atoms with van der Waals surface area (Å²) in [7, 11) is 0. The molecule has 4 aliphatic carbocycles. The van der Waals surface area contributed by atoms with Gasteiger partial charge in [-0.25, -0.2) is 0 Å². The highest BCUT2D eigenvalue weighted by Crippen LogP contribution is 2.48. The molecule has 0 fully saturated rings. The van der Waals surface area contributed by atoms with Crippen LogP contribution in [0.5, 0.6) is 0 Å². The van der Waals surface area contributed by atoms with Crippen LogP contribution in [0.25, 0.3) is 10.8 Å². The van der Waals surface area contributed by atoms with Gasteiger partial charge >= 0.3 is 0 Å². The van der Waals surface area contributed by atoms with Crippen LogP contribution in [0.4, 0.5) is 0 Å². The van der Waals surface area contributed by atoms with Crippen molar-refractivity contribution in [2.75, 3.05) is 0 Å². The van der Waals surface area contributed by atoms with Gasteiger partial charge in [-0.3, -0.25) is 0 Å². The van der Waals surface area contributed by atoms with Crippen molar-refractivity contribution < 1.29 is 0 Å². The maximum absolute atomic E-state index is 2.70. The lowest BCUT2D eigenvalue weighted by Crippen LogP contribution is -2.20. The van der Waals surface area contributed by atoms with Gasteiger partial charge in [0, 0.05) is 0 Å². The highest BCUT2D eigenvalue weighted by Gasteiger charge is 2.31. The monoisotopic (exact) mass is 330 g/mol.